The molecule has 4 N–H and O–H groups in total. The molecule has 0 unspecified atom stereocenters. The van der Waals surface area contributed by atoms with Gasteiger partial charge in [-0.2, -0.15) is 5.26 Å². The van der Waals surface area contributed by atoms with Crippen molar-refractivity contribution < 1.29 is 0 Å². The highest BCUT2D eigenvalue weighted by Crippen LogP contribution is 2.29. The molecule has 4 rings (SSSR count). The molecule has 2 aromatic heterocycles. The molecule has 0 bridgehead atoms. The van der Waals surface area contributed by atoms with Crippen LogP contribution in [0.2, 0.25) is 12.1 Å². The van der Waals surface area contributed by atoms with Crippen LogP contribution in [0.1, 0.15) is 37.8 Å². The van der Waals surface area contributed by atoms with Crippen LogP contribution < -0.4 is 16.0 Å². The highest BCUT2D eigenvalue weighted by Gasteiger charge is 2.24. The summed E-state index contributed by atoms with van der Waals surface area (Å²) in [6, 6.07) is 9.21. The number of hydrogen-bond donors (Lipinski definition) is 3. The van der Waals surface area contributed by atoms with Gasteiger partial charge in [-0.05, 0) is 43.5 Å². The Kier molecular flexibility index (Phi) is 4.55. The monoisotopic (exact) mass is 352 g/mol. The maximum absolute atomic E-state index is 9.27. The molecule has 1 aliphatic carbocycles. The summed E-state index contributed by atoms with van der Waals surface area (Å²) in [4.78, 5) is 12.7. The number of anilines is 2. The second kappa shape index (κ2) is 6.98. The molecular formula is C18H24N6Si. The molecule has 6 nitrogen and oxygen atoms in total. The largest absolute Gasteiger partial charge is 0.398 e. The Morgan fingerprint density at radius 3 is 2.80 bits per heavy atom. The summed E-state index contributed by atoms with van der Waals surface area (Å²) in [5, 5.41) is 14.8. The molecule has 0 spiro atoms. The molecule has 130 valence electrons. The van der Waals surface area contributed by atoms with Gasteiger partial charge in [0.25, 0.3) is 0 Å². The lowest BCUT2D eigenvalue weighted by atomic mass is 10.1. The van der Waals surface area contributed by atoms with Crippen molar-refractivity contribution in [1.29, 1.82) is 5.26 Å². The Morgan fingerprint density at radius 2 is 2.08 bits per heavy atom. The van der Waals surface area contributed by atoms with E-state index in [1.165, 1.54) is 31.7 Å². The van der Waals surface area contributed by atoms with Gasteiger partial charge < -0.3 is 16.0 Å². The van der Waals surface area contributed by atoms with Gasteiger partial charge in [0.15, 0.2) is 0 Å². The van der Waals surface area contributed by atoms with E-state index in [0.29, 0.717) is 17.8 Å². The van der Waals surface area contributed by atoms with Crippen molar-refractivity contribution in [2.45, 2.75) is 56.3 Å². The fraction of sp³-hybridized carbons (Fsp3) is 0.500. The number of aromatic nitrogens is 2. The molecule has 2 aliphatic rings. The van der Waals surface area contributed by atoms with E-state index in [9.17, 15) is 5.26 Å². The Hall–Kier alpha value is -2.17. The number of hydrogen-bond acceptors (Lipinski definition) is 6. The number of rotatable bonds is 4. The minimum atomic E-state index is -1.04. The van der Waals surface area contributed by atoms with E-state index in [1.54, 1.807) is 0 Å². The van der Waals surface area contributed by atoms with Crippen molar-refractivity contribution in [3.63, 3.8) is 0 Å². The Labute approximate surface area is 149 Å². The molecule has 2 atom stereocenters. The third kappa shape index (κ3) is 3.60. The summed E-state index contributed by atoms with van der Waals surface area (Å²) in [6.45, 7) is 0. The second-order valence-electron chi connectivity index (χ2n) is 7.30. The summed E-state index contributed by atoms with van der Waals surface area (Å²) in [5.41, 5.74) is 6.48. The molecule has 7 heteroatoms. The maximum Gasteiger partial charge on any atom is 0.143 e. The van der Waals surface area contributed by atoms with Crippen molar-refractivity contribution in [3.05, 3.63) is 24.0 Å². The molecule has 2 aromatic rings. The zero-order valence-corrected chi connectivity index (χ0v) is 15.5. The minimum absolute atomic E-state index is 0.351. The van der Waals surface area contributed by atoms with Crippen molar-refractivity contribution in [3.8, 4) is 6.07 Å². The normalized spacial score (nSPS) is 23.7. The summed E-state index contributed by atoms with van der Waals surface area (Å²) in [5.74, 6) is 1.73. The lowest BCUT2D eigenvalue weighted by molar-refractivity contribution is 0.749. The molecule has 0 radical (unpaired) electrons. The zero-order chi connectivity index (χ0) is 17.2. The van der Waals surface area contributed by atoms with Crippen LogP contribution in [0.5, 0.6) is 0 Å². The van der Waals surface area contributed by atoms with Crippen molar-refractivity contribution in [2.24, 2.45) is 5.73 Å². The minimum Gasteiger partial charge on any atom is -0.398 e. The molecule has 2 fully saturated rings. The van der Waals surface area contributed by atoms with Crippen LogP contribution in [0.25, 0.3) is 10.8 Å². The van der Waals surface area contributed by atoms with Crippen LogP contribution in [0.4, 0.5) is 11.6 Å². The molecule has 1 saturated heterocycles. The first-order valence-corrected chi connectivity index (χ1v) is 11.4. The predicted molar refractivity (Wildman–Crippen MR) is 103 cm³/mol. The highest BCUT2D eigenvalue weighted by molar-refractivity contribution is 6.63. The Bertz CT molecular complexity index is 811. The topological polar surface area (TPSA) is 99.7 Å². The highest BCUT2D eigenvalue weighted by atomic mass is 28.3. The molecular weight excluding hydrogens is 328 g/mol. The smallest absolute Gasteiger partial charge is 0.143 e. The van der Waals surface area contributed by atoms with Crippen LogP contribution in [-0.2, 0) is 0 Å². The summed E-state index contributed by atoms with van der Waals surface area (Å²) in [6.07, 6.45) is 7.83. The first-order chi connectivity index (χ1) is 12.2. The lowest BCUT2D eigenvalue weighted by Gasteiger charge is -2.16. The summed E-state index contributed by atoms with van der Waals surface area (Å²) >= 11 is 0. The average molecular weight is 353 g/mol. The van der Waals surface area contributed by atoms with Gasteiger partial charge in [0.05, 0.1) is 0 Å². The van der Waals surface area contributed by atoms with Crippen LogP contribution in [0.3, 0.4) is 0 Å². The molecule has 0 amide bonds. The van der Waals surface area contributed by atoms with Gasteiger partial charge in [-0.3, -0.25) is 0 Å². The van der Waals surface area contributed by atoms with E-state index in [2.05, 4.69) is 32.4 Å². The first-order valence-electron chi connectivity index (χ1n) is 9.21. The number of nitriles is 1. The molecule has 1 aliphatic heterocycles. The number of nitrogens with two attached hydrogens (primary N) is 1. The van der Waals surface area contributed by atoms with Crippen molar-refractivity contribution in [2.75, 3.05) is 10.3 Å². The van der Waals surface area contributed by atoms with E-state index < -0.39 is 8.96 Å². The van der Waals surface area contributed by atoms with E-state index in [0.717, 1.165) is 34.9 Å². The van der Waals surface area contributed by atoms with Crippen LogP contribution in [-0.4, -0.2) is 31.0 Å². The quantitative estimate of drug-likeness (QED) is 0.732. The number of pyridine rings is 2. The van der Waals surface area contributed by atoms with Crippen LogP contribution >= 0.6 is 0 Å². The van der Waals surface area contributed by atoms with Gasteiger partial charge in [0.2, 0.25) is 0 Å². The Morgan fingerprint density at radius 1 is 1.24 bits per heavy atom. The number of nitrogens with zero attached hydrogens (tertiary/aromatic N) is 3. The molecule has 3 heterocycles. The molecule has 1 saturated carbocycles. The van der Waals surface area contributed by atoms with Gasteiger partial charge in [0.1, 0.15) is 32.4 Å². The third-order valence-electron chi connectivity index (χ3n) is 5.35. The van der Waals surface area contributed by atoms with Crippen LogP contribution in [0.15, 0.2) is 18.3 Å². The van der Waals surface area contributed by atoms with Crippen molar-refractivity contribution >= 4 is 31.4 Å². The fourth-order valence-corrected chi connectivity index (χ4v) is 6.88. The van der Waals surface area contributed by atoms with Gasteiger partial charge in [-0.25, -0.2) is 9.97 Å². The summed E-state index contributed by atoms with van der Waals surface area (Å²) < 4.78 is 0. The molecule has 25 heavy (non-hydrogen) atoms. The van der Waals surface area contributed by atoms with Crippen molar-refractivity contribution in [1.82, 2.24) is 9.97 Å². The van der Waals surface area contributed by atoms with Gasteiger partial charge >= 0.3 is 0 Å². The molecule has 0 aromatic carbocycles. The average Bonchev–Trinajstić information content (AvgIpc) is 3.27. The first kappa shape index (κ1) is 16.3. The van der Waals surface area contributed by atoms with E-state index >= 15 is 0 Å². The maximum atomic E-state index is 9.27. The summed E-state index contributed by atoms with van der Waals surface area (Å²) in [7, 11) is -1.04. The van der Waals surface area contributed by atoms with Gasteiger partial charge in [0, 0.05) is 29.1 Å². The van der Waals surface area contributed by atoms with E-state index in [-0.39, 0.29) is 0 Å². The van der Waals surface area contributed by atoms with Gasteiger partial charge in [-0.1, -0.05) is 12.8 Å². The standard InChI is InChI=1S/C18H24N6Si/c19-9-15-7-12-10-21-17(24-25-6-5-13(20)11-25)8-16(12)18(23-15)22-14-3-1-2-4-14/h7-8,10,13-14,25H,1-6,11,20H2,(H,21,24)(H,22,23)/t13-,25-/m0/s1. The van der Waals surface area contributed by atoms with E-state index in [1.807, 2.05) is 12.3 Å². The Balaban J connectivity index is 1.65. The van der Waals surface area contributed by atoms with E-state index in [4.69, 9.17) is 5.73 Å². The third-order valence-corrected chi connectivity index (χ3v) is 8.26. The lowest BCUT2D eigenvalue weighted by Crippen LogP contribution is -2.24. The number of nitrogens with one attached hydrogen (secondary N) is 2. The van der Waals surface area contributed by atoms with Gasteiger partial charge in [-0.15, -0.1) is 0 Å². The number of fused-ring (bicyclic) bond motifs is 1. The second-order valence-corrected chi connectivity index (χ2v) is 10.0. The SMILES string of the molecule is N#Cc1cc2cnc(N[Si@H]3CC[C@H](N)C3)cc2c(NC2CCCC2)n1. The fourth-order valence-electron chi connectivity index (χ4n) is 4.01. The predicted octanol–water partition coefficient (Wildman–Crippen LogP) is 2.72. The zero-order valence-electron chi connectivity index (χ0n) is 14.3. The van der Waals surface area contributed by atoms with Crippen LogP contribution in [0, 0.1) is 11.3 Å².